The van der Waals surface area contributed by atoms with Crippen molar-refractivity contribution < 1.29 is 4.79 Å². The van der Waals surface area contributed by atoms with Gasteiger partial charge < -0.3 is 0 Å². The molecule has 2 rings (SSSR count). The highest BCUT2D eigenvalue weighted by atomic mass is 35.5. The molecular formula is C14H16Cl2O. The van der Waals surface area contributed by atoms with E-state index < -0.39 is 0 Å². The number of rotatable bonds is 3. The molecule has 1 aromatic carbocycles. The van der Waals surface area contributed by atoms with E-state index in [0.29, 0.717) is 10.9 Å². The molecule has 1 fully saturated rings. The highest BCUT2D eigenvalue weighted by Crippen LogP contribution is 2.37. The molecule has 0 saturated heterocycles. The van der Waals surface area contributed by atoms with Crippen LogP contribution in [0, 0.1) is 5.92 Å². The molecule has 0 N–H and O–H groups in total. The zero-order valence-electron chi connectivity index (χ0n) is 9.66. The maximum Gasteiger partial charge on any atom is 0.229 e. The molecule has 0 amide bonds. The first kappa shape index (κ1) is 12.9. The third-order valence-corrected chi connectivity index (χ3v) is 4.08. The zero-order chi connectivity index (χ0) is 12.3. The number of halogens is 2. The number of carbonyl (C=O) groups is 1. The maximum atomic E-state index is 11.7. The topological polar surface area (TPSA) is 17.1 Å². The van der Waals surface area contributed by atoms with Crippen LogP contribution in [0.4, 0.5) is 0 Å². The van der Waals surface area contributed by atoms with E-state index in [1.54, 1.807) is 0 Å². The summed E-state index contributed by atoms with van der Waals surface area (Å²) in [7, 11) is 0. The van der Waals surface area contributed by atoms with Crippen molar-refractivity contribution in [2.75, 3.05) is 0 Å². The van der Waals surface area contributed by atoms with Gasteiger partial charge in [0.2, 0.25) is 5.24 Å². The van der Waals surface area contributed by atoms with Gasteiger partial charge in [-0.05, 0) is 48.1 Å². The van der Waals surface area contributed by atoms with E-state index in [2.05, 4.69) is 0 Å². The van der Waals surface area contributed by atoms with Crippen LogP contribution in [0.2, 0.25) is 5.02 Å². The lowest BCUT2D eigenvalue weighted by atomic mass is 9.77. The molecule has 0 heterocycles. The molecule has 17 heavy (non-hydrogen) atoms. The van der Waals surface area contributed by atoms with Gasteiger partial charge in [0.25, 0.3) is 0 Å². The molecule has 0 aliphatic heterocycles. The molecule has 0 bridgehead atoms. The van der Waals surface area contributed by atoms with E-state index in [4.69, 9.17) is 23.2 Å². The van der Waals surface area contributed by atoms with Crippen molar-refractivity contribution in [3.8, 4) is 0 Å². The molecule has 0 aromatic heterocycles. The molecule has 1 aliphatic carbocycles. The highest BCUT2D eigenvalue weighted by molar-refractivity contribution is 6.64. The minimum absolute atomic E-state index is 0.158. The summed E-state index contributed by atoms with van der Waals surface area (Å²) in [6.07, 6.45) is 5.90. The third-order valence-electron chi connectivity index (χ3n) is 3.59. The van der Waals surface area contributed by atoms with Crippen molar-refractivity contribution in [2.45, 2.75) is 38.0 Å². The fourth-order valence-electron chi connectivity index (χ4n) is 2.73. The fourth-order valence-corrected chi connectivity index (χ4v) is 3.16. The van der Waals surface area contributed by atoms with Crippen molar-refractivity contribution in [2.24, 2.45) is 5.92 Å². The quantitative estimate of drug-likeness (QED) is 0.724. The van der Waals surface area contributed by atoms with Crippen molar-refractivity contribution in [1.82, 2.24) is 0 Å². The van der Waals surface area contributed by atoms with Crippen molar-refractivity contribution in [1.29, 1.82) is 0 Å². The Morgan fingerprint density at radius 1 is 1.12 bits per heavy atom. The molecular weight excluding hydrogens is 255 g/mol. The van der Waals surface area contributed by atoms with Gasteiger partial charge in [0.15, 0.2) is 0 Å². The molecule has 1 aromatic rings. The normalized spacial score (nSPS) is 18.9. The van der Waals surface area contributed by atoms with Crippen LogP contribution in [0.25, 0.3) is 0 Å². The van der Waals surface area contributed by atoms with E-state index >= 15 is 0 Å². The molecule has 3 heteroatoms. The van der Waals surface area contributed by atoms with Crippen LogP contribution < -0.4 is 0 Å². The molecule has 1 atom stereocenters. The first-order valence-corrected chi connectivity index (χ1v) is 6.89. The van der Waals surface area contributed by atoms with Crippen LogP contribution in [0.5, 0.6) is 0 Å². The van der Waals surface area contributed by atoms with Crippen LogP contribution in [0.1, 0.15) is 43.6 Å². The van der Waals surface area contributed by atoms with Gasteiger partial charge in [0.05, 0.1) is 5.92 Å². The summed E-state index contributed by atoms with van der Waals surface area (Å²) >= 11 is 11.6. The Morgan fingerprint density at radius 2 is 1.71 bits per heavy atom. The first-order chi connectivity index (χ1) is 8.18. The minimum Gasteiger partial charge on any atom is -0.281 e. The number of hydrogen-bond acceptors (Lipinski definition) is 1. The van der Waals surface area contributed by atoms with Gasteiger partial charge in [-0.2, -0.15) is 0 Å². The lowest BCUT2D eigenvalue weighted by Gasteiger charge is -2.28. The summed E-state index contributed by atoms with van der Waals surface area (Å²) in [5.41, 5.74) is 1.00. The number of hydrogen-bond donors (Lipinski definition) is 0. The van der Waals surface area contributed by atoms with Crippen molar-refractivity contribution >= 4 is 28.4 Å². The predicted molar refractivity (Wildman–Crippen MR) is 71.6 cm³/mol. The largest absolute Gasteiger partial charge is 0.281 e. The molecule has 1 aliphatic rings. The number of benzene rings is 1. The van der Waals surface area contributed by atoms with Crippen LogP contribution in [0.3, 0.4) is 0 Å². The Morgan fingerprint density at radius 3 is 2.24 bits per heavy atom. The van der Waals surface area contributed by atoms with E-state index in [9.17, 15) is 4.79 Å². The zero-order valence-corrected chi connectivity index (χ0v) is 11.2. The van der Waals surface area contributed by atoms with Gasteiger partial charge in [-0.25, -0.2) is 0 Å². The molecule has 0 radical (unpaired) electrons. The highest BCUT2D eigenvalue weighted by Gasteiger charge is 2.29. The summed E-state index contributed by atoms with van der Waals surface area (Å²) in [6.45, 7) is 0. The Balaban J connectivity index is 2.21. The van der Waals surface area contributed by atoms with E-state index in [0.717, 1.165) is 18.4 Å². The number of carbonyl (C=O) groups excluding carboxylic acids is 1. The maximum absolute atomic E-state index is 11.7. The first-order valence-electron chi connectivity index (χ1n) is 6.13. The van der Waals surface area contributed by atoms with Crippen molar-refractivity contribution in [3.05, 3.63) is 34.9 Å². The second kappa shape index (κ2) is 5.88. The average molecular weight is 271 g/mol. The minimum atomic E-state index is -0.237. The summed E-state index contributed by atoms with van der Waals surface area (Å²) in [4.78, 5) is 11.7. The summed E-state index contributed by atoms with van der Waals surface area (Å²) < 4.78 is 0. The lowest BCUT2D eigenvalue weighted by Crippen LogP contribution is -2.21. The van der Waals surface area contributed by atoms with Gasteiger partial charge in [-0.1, -0.05) is 43.0 Å². The fraction of sp³-hybridized carbons (Fsp3) is 0.500. The van der Waals surface area contributed by atoms with Gasteiger partial charge in [0, 0.05) is 5.02 Å². The van der Waals surface area contributed by atoms with E-state index in [1.165, 1.54) is 19.3 Å². The summed E-state index contributed by atoms with van der Waals surface area (Å²) in [5, 5.41) is 0.456. The van der Waals surface area contributed by atoms with Gasteiger partial charge in [0.1, 0.15) is 0 Å². The lowest BCUT2D eigenvalue weighted by molar-refractivity contribution is -0.114. The Kier molecular flexibility index (Phi) is 4.47. The smallest absolute Gasteiger partial charge is 0.229 e. The Hall–Kier alpha value is -0.530. The Bertz CT molecular complexity index is 380. The molecule has 1 saturated carbocycles. The molecule has 1 nitrogen and oxygen atoms in total. The predicted octanol–water partition coefficient (Wildman–Crippen LogP) is 4.77. The summed E-state index contributed by atoms with van der Waals surface area (Å²) in [6, 6.07) is 7.49. The standard InChI is InChI=1S/C14H16Cl2O/c15-12-8-6-11(7-9-12)13(14(16)17)10-4-2-1-3-5-10/h6-10,13H,1-5H2. The van der Waals surface area contributed by atoms with E-state index in [-0.39, 0.29) is 11.2 Å². The second-order valence-corrected chi connectivity index (χ2v) is 5.54. The average Bonchev–Trinajstić information content (AvgIpc) is 2.33. The SMILES string of the molecule is O=C(Cl)C(c1ccc(Cl)cc1)C1CCCCC1. The van der Waals surface area contributed by atoms with Gasteiger partial charge >= 0.3 is 0 Å². The van der Waals surface area contributed by atoms with Crippen LogP contribution >= 0.6 is 23.2 Å². The van der Waals surface area contributed by atoms with Gasteiger partial charge in [-0.15, -0.1) is 0 Å². The van der Waals surface area contributed by atoms with Gasteiger partial charge in [-0.3, -0.25) is 4.79 Å². The Labute approximate surface area is 112 Å². The molecule has 1 unspecified atom stereocenters. The molecule has 92 valence electrons. The molecule has 0 spiro atoms. The van der Waals surface area contributed by atoms with Crippen LogP contribution in [-0.4, -0.2) is 5.24 Å². The van der Waals surface area contributed by atoms with Crippen molar-refractivity contribution in [3.63, 3.8) is 0 Å². The third kappa shape index (κ3) is 3.23. The van der Waals surface area contributed by atoms with Crippen LogP contribution in [0.15, 0.2) is 24.3 Å². The summed E-state index contributed by atoms with van der Waals surface area (Å²) in [5.74, 6) is 0.240. The van der Waals surface area contributed by atoms with E-state index in [1.807, 2.05) is 24.3 Å². The second-order valence-electron chi connectivity index (χ2n) is 4.73. The van der Waals surface area contributed by atoms with Crippen LogP contribution in [-0.2, 0) is 4.79 Å². The monoisotopic (exact) mass is 270 g/mol.